The molecule has 6 heteroatoms. The smallest absolute Gasteiger partial charge is 0.336 e. The van der Waals surface area contributed by atoms with Crippen LogP contribution in [0.3, 0.4) is 0 Å². The molecule has 0 radical (unpaired) electrons. The number of nitrogens with zero attached hydrogens (tertiary/aromatic N) is 1. The zero-order chi connectivity index (χ0) is 17.4. The summed E-state index contributed by atoms with van der Waals surface area (Å²) >= 11 is 1.59. The van der Waals surface area contributed by atoms with Crippen LogP contribution in [0.15, 0.2) is 63.8 Å². The van der Waals surface area contributed by atoms with E-state index in [2.05, 4.69) is 0 Å². The standard InChI is InChI=1S/C19H15NO4S/c1-23-15-6-2-12(3-7-15)19-20(17(21)11-25-19)14-5-8-16-13(10-14)4-9-18(22)24-16/h2-10,19H,11H2,1H3. The van der Waals surface area contributed by atoms with Gasteiger partial charge in [0.2, 0.25) is 5.91 Å². The van der Waals surface area contributed by atoms with Crippen molar-refractivity contribution in [2.45, 2.75) is 5.37 Å². The van der Waals surface area contributed by atoms with Gasteiger partial charge in [0.1, 0.15) is 16.7 Å². The van der Waals surface area contributed by atoms with Crippen molar-refractivity contribution in [1.82, 2.24) is 0 Å². The highest BCUT2D eigenvalue weighted by Gasteiger charge is 2.34. The summed E-state index contributed by atoms with van der Waals surface area (Å²) < 4.78 is 10.4. The Morgan fingerprint density at radius 1 is 1.08 bits per heavy atom. The number of amides is 1. The van der Waals surface area contributed by atoms with Crippen molar-refractivity contribution < 1.29 is 13.9 Å². The number of hydrogen-bond donors (Lipinski definition) is 0. The molecule has 1 aliphatic rings. The highest BCUT2D eigenvalue weighted by atomic mass is 32.2. The summed E-state index contributed by atoms with van der Waals surface area (Å²) in [6.07, 6.45) is 0. The Balaban J connectivity index is 1.74. The van der Waals surface area contributed by atoms with Crippen LogP contribution in [0.4, 0.5) is 5.69 Å². The fourth-order valence-electron chi connectivity index (χ4n) is 2.93. The number of carbonyl (C=O) groups excluding carboxylic acids is 1. The lowest BCUT2D eigenvalue weighted by Crippen LogP contribution is -2.27. The molecule has 4 rings (SSSR count). The lowest BCUT2D eigenvalue weighted by Gasteiger charge is -2.24. The third-order valence-electron chi connectivity index (χ3n) is 4.15. The maximum atomic E-state index is 12.5. The average Bonchev–Trinajstić information content (AvgIpc) is 3.03. The van der Waals surface area contributed by atoms with Crippen LogP contribution in [-0.2, 0) is 4.79 Å². The fourth-order valence-corrected chi connectivity index (χ4v) is 4.10. The van der Waals surface area contributed by atoms with E-state index in [1.807, 2.05) is 36.4 Å². The summed E-state index contributed by atoms with van der Waals surface area (Å²) in [5.74, 6) is 1.27. The minimum Gasteiger partial charge on any atom is -0.497 e. The van der Waals surface area contributed by atoms with Crippen molar-refractivity contribution in [3.8, 4) is 5.75 Å². The predicted molar refractivity (Wildman–Crippen MR) is 98.2 cm³/mol. The molecule has 1 saturated heterocycles. The highest BCUT2D eigenvalue weighted by molar-refractivity contribution is 8.00. The second-order valence-electron chi connectivity index (χ2n) is 5.68. The molecule has 0 spiro atoms. The maximum Gasteiger partial charge on any atom is 0.336 e. The number of rotatable bonds is 3. The van der Waals surface area contributed by atoms with Crippen molar-refractivity contribution in [3.05, 3.63) is 70.6 Å². The third kappa shape index (κ3) is 2.89. The van der Waals surface area contributed by atoms with Crippen LogP contribution in [0, 0.1) is 0 Å². The molecule has 0 N–H and O–H groups in total. The quantitative estimate of drug-likeness (QED) is 0.674. The van der Waals surface area contributed by atoms with Crippen LogP contribution >= 0.6 is 11.8 Å². The lowest BCUT2D eigenvalue weighted by atomic mass is 10.1. The minimum atomic E-state index is -0.385. The molecule has 1 amide bonds. The summed E-state index contributed by atoms with van der Waals surface area (Å²) in [5.41, 5.74) is 1.95. The first-order valence-corrected chi connectivity index (χ1v) is 8.82. The Labute approximate surface area is 148 Å². The summed E-state index contributed by atoms with van der Waals surface area (Å²) in [6, 6.07) is 16.2. The van der Waals surface area contributed by atoms with Gasteiger partial charge in [-0.15, -0.1) is 11.8 Å². The van der Waals surface area contributed by atoms with Gasteiger partial charge in [-0.1, -0.05) is 12.1 Å². The molecule has 0 bridgehead atoms. The predicted octanol–water partition coefficient (Wildman–Crippen LogP) is 3.58. The monoisotopic (exact) mass is 353 g/mol. The number of thioether (sulfide) groups is 1. The molecule has 0 aliphatic carbocycles. The summed E-state index contributed by atoms with van der Waals surface area (Å²) in [4.78, 5) is 25.6. The molecule has 1 aromatic heterocycles. The van der Waals surface area contributed by atoms with E-state index in [4.69, 9.17) is 9.15 Å². The van der Waals surface area contributed by atoms with Crippen LogP contribution in [0.1, 0.15) is 10.9 Å². The second-order valence-corrected chi connectivity index (χ2v) is 6.75. The van der Waals surface area contributed by atoms with Gasteiger partial charge in [-0.05, 0) is 42.0 Å². The first-order chi connectivity index (χ1) is 12.2. The number of fused-ring (bicyclic) bond motifs is 1. The van der Waals surface area contributed by atoms with Gasteiger partial charge >= 0.3 is 5.63 Å². The summed E-state index contributed by atoms with van der Waals surface area (Å²) in [5, 5.41) is 0.696. The van der Waals surface area contributed by atoms with Crippen molar-refractivity contribution in [3.63, 3.8) is 0 Å². The normalized spacial score (nSPS) is 17.2. The number of methoxy groups -OCH3 is 1. The van der Waals surface area contributed by atoms with E-state index in [1.54, 1.807) is 35.9 Å². The molecule has 1 unspecified atom stereocenters. The van der Waals surface area contributed by atoms with E-state index in [0.29, 0.717) is 11.3 Å². The largest absolute Gasteiger partial charge is 0.497 e. The zero-order valence-electron chi connectivity index (χ0n) is 13.5. The molecule has 1 fully saturated rings. The second kappa shape index (κ2) is 6.29. The average molecular weight is 353 g/mol. The first kappa shape index (κ1) is 15.8. The van der Waals surface area contributed by atoms with E-state index in [9.17, 15) is 9.59 Å². The zero-order valence-corrected chi connectivity index (χ0v) is 14.3. The Morgan fingerprint density at radius 3 is 2.64 bits per heavy atom. The molecule has 0 saturated carbocycles. The topological polar surface area (TPSA) is 59.8 Å². The Morgan fingerprint density at radius 2 is 1.88 bits per heavy atom. The molecule has 25 heavy (non-hydrogen) atoms. The number of carbonyl (C=O) groups is 1. The van der Waals surface area contributed by atoms with E-state index in [-0.39, 0.29) is 16.9 Å². The minimum absolute atomic E-state index is 0.0579. The molecule has 1 aliphatic heterocycles. The van der Waals surface area contributed by atoms with E-state index >= 15 is 0 Å². The van der Waals surface area contributed by atoms with Gasteiger partial charge in [0.15, 0.2) is 0 Å². The Hall–Kier alpha value is -2.73. The lowest BCUT2D eigenvalue weighted by molar-refractivity contribution is -0.115. The van der Waals surface area contributed by atoms with Crippen LogP contribution in [0.2, 0.25) is 0 Å². The van der Waals surface area contributed by atoms with Crippen LogP contribution in [-0.4, -0.2) is 18.8 Å². The summed E-state index contributed by atoms with van der Waals surface area (Å²) in [6.45, 7) is 0. The first-order valence-electron chi connectivity index (χ1n) is 7.77. The van der Waals surface area contributed by atoms with Gasteiger partial charge in [0, 0.05) is 17.1 Å². The molecule has 2 heterocycles. The fraction of sp³-hybridized carbons (Fsp3) is 0.158. The van der Waals surface area contributed by atoms with Gasteiger partial charge in [0.25, 0.3) is 0 Å². The SMILES string of the molecule is COc1ccc(C2SCC(=O)N2c2ccc3oc(=O)ccc3c2)cc1. The molecule has 126 valence electrons. The van der Waals surface area contributed by atoms with Crippen LogP contribution in [0.25, 0.3) is 11.0 Å². The number of hydrogen-bond acceptors (Lipinski definition) is 5. The molecular weight excluding hydrogens is 338 g/mol. The Kier molecular flexibility index (Phi) is 3.97. The molecule has 5 nitrogen and oxygen atoms in total. The molecule has 1 atom stereocenters. The third-order valence-corrected chi connectivity index (χ3v) is 5.36. The van der Waals surface area contributed by atoms with Crippen molar-refractivity contribution in [2.75, 3.05) is 17.8 Å². The van der Waals surface area contributed by atoms with Crippen LogP contribution in [0.5, 0.6) is 5.75 Å². The van der Waals surface area contributed by atoms with Gasteiger partial charge in [-0.3, -0.25) is 9.69 Å². The maximum absolute atomic E-state index is 12.5. The van der Waals surface area contributed by atoms with E-state index in [0.717, 1.165) is 22.4 Å². The summed E-state index contributed by atoms with van der Waals surface area (Å²) in [7, 11) is 1.63. The van der Waals surface area contributed by atoms with Gasteiger partial charge < -0.3 is 9.15 Å². The number of benzene rings is 2. The molecule has 2 aromatic carbocycles. The van der Waals surface area contributed by atoms with Crippen molar-refractivity contribution >= 4 is 34.3 Å². The molecule has 3 aromatic rings. The van der Waals surface area contributed by atoms with E-state index < -0.39 is 0 Å². The highest BCUT2D eigenvalue weighted by Crippen LogP contribution is 2.42. The van der Waals surface area contributed by atoms with Gasteiger partial charge in [-0.2, -0.15) is 0 Å². The van der Waals surface area contributed by atoms with Crippen molar-refractivity contribution in [2.24, 2.45) is 0 Å². The van der Waals surface area contributed by atoms with E-state index in [1.165, 1.54) is 6.07 Å². The Bertz CT molecular complexity index is 996. The van der Waals surface area contributed by atoms with Crippen molar-refractivity contribution in [1.29, 1.82) is 0 Å². The van der Waals surface area contributed by atoms with Gasteiger partial charge in [-0.25, -0.2) is 4.79 Å². The van der Waals surface area contributed by atoms with Gasteiger partial charge in [0.05, 0.1) is 12.9 Å². The number of anilines is 1. The van der Waals surface area contributed by atoms with Crippen LogP contribution < -0.4 is 15.3 Å². The number of ether oxygens (including phenoxy) is 1. The molecular formula is C19H15NO4S.